The van der Waals surface area contributed by atoms with Crippen LogP contribution in [-0.2, 0) is 0 Å². The maximum Gasteiger partial charge on any atom is 0.168 e. The molecule has 78 valence electrons. The maximum absolute atomic E-state index is 11.5. The highest BCUT2D eigenvalue weighted by Gasteiger charge is 2.07. The quantitative estimate of drug-likeness (QED) is 0.365. The molecule has 0 fully saturated rings. The number of hydrogen-bond donors (Lipinski definition) is 0. The van der Waals surface area contributed by atoms with Crippen LogP contribution in [0.15, 0.2) is 27.8 Å². The monoisotopic (exact) mass is 269 g/mol. The van der Waals surface area contributed by atoms with Crippen LogP contribution in [0.5, 0.6) is 5.75 Å². The van der Waals surface area contributed by atoms with Gasteiger partial charge in [-0.05, 0) is 23.7 Å². The molecule has 1 aromatic rings. The second-order valence-corrected chi connectivity index (χ2v) is 3.61. The number of nitrogens with zero attached hydrogens (tertiary/aromatic N) is 3. The number of Topliss-reactive ketones (excluding diaryl/α,β-unsaturated/α-hetero) is 1. The molecular weight excluding hydrogens is 262 g/mol. The molecule has 0 aliphatic heterocycles. The fourth-order valence-corrected chi connectivity index (χ4v) is 1.50. The van der Waals surface area contributed by atoms with Gasteiger partial charge in [-0.1, -0.05) is 21.0 Å². The maximum atomic E-state index is 11.5. The van der Waals surface area contributed by atoms with Crippen molar-refractivity contribution in [1.29, 1.82) is 0 Å². The number of ketones is 1. The number of rotatable bonds is 4. The van der Waals surface area contributed by atoms with E-state index in [4.69, 9.17) is 10.3 Å². The number of ether oxygens (including phenoxy) is 1. The van der Waals surface area contributed by atoms with E-state index in [0.717, 1.165) is 4.47 Å². The van der Waals surface area contributed by atoms with Crippen molar-refractivity contribution < 1.29 is 9.53 Å². The van der Waals surface area contributed by atoms with E-state index in [2.05, 4.69) is 26.0 Å². The first kappa shape index (κ1) is 11.6. The van der Waals surface area contributed by atoms with E-state index in [-0.39, 0.29) is 12.3 Å². The summed E-state index contributed by atoms with van der Waals surface area (Å²) >= 11 is 3.25. The molecule has 0 unspecified atom stereocenters. The molecule has 15 heavy (non-hydrogen) atoms. The summed E-state index contributed by atoms with van der Waals surface area (Å²) in [4.78, 5) is 14.0. The van der Waals surface area contributed by atoms with E-state index in [1.54, 1.807) is 18.2 Å². The number of methoxy groups -OCH3 is 1. The van der Waals surface area contributed by atoms with Gasteiger partial charge in [0.1, 0.15) is 5.75 Å². The van der Waals surface area contributed by atoms with Gasteiger partial charge in [0.2, 0.25) is 0 Å². The van der Waals surface area contributed by atoms with Crippen molar-refractivity contribution in [3.8, 4) is 5.75 Å². The standard InChI is InChI=1S/C9H8BrN3O2/c1-15-8-3-6(2-7(10)4-8)9(14)5-12-13-11/h2-4H,5H2,1H3. The van der Waals surface area contributed by atoms with Gasteiger partial charge in [0, 0.05) is 14.9 Å². The van der Waals surface area contributed by atoms with Gasteiger partial charge in [-0.15, -0.1) is 0 Å². The van der Waals surface area contributed by atoms with E-state index in [1.807, 2.05) is 0 Å². The second-order valence-electron chi connectivity index (χ2n) is 2.69. The highest BCUT2D eigenvalue weighted by atomic mass is 79.9. The summed E-state index contributed by atoms with van der Waals surface area (Å²) in [5.41, 5.74) is 8.54. The van der Waals surface area contributed by atoms with Gasteiger partial charge in [-0.3, -0.25) is 4.79 Å². The fraction of sp³-hybridized carbons (Fsp3) is 0.222. The zero-order valence-corrected chi connectivity index (χ0v) is 9.56. The molecule has 0 saturated heterocycles. The van der Waals surface area contributed by atoms with Gasteiger partial charge < -0.3 is 4.74 Å². The molecular formula is C9H8BrN3O2. The van der Waals surface area contributed by atoms with Crippen LogP contribution in [0.1, 0.15) is 10.4 Å². The molecule has 0 aliphatic carbocycles. The third-order valence-electron chi connectivity index (χ3n) is 1.71. The molecule has 0 spiro atoms. The Bertz CT molecular complexity index is 427. The number of azide groups is 1. The van der Waals surface area contributed by atoms with Crippen molar-refractivity contribution >= 4 is 21.7 Å². The molecule has 1 aromatic carbocycles. The summed E-state index contributed by atoms with van der Waals surface area (Å²) in [6, 6.07) is 4.99. The lowest BCUT2D eigenvalue weighted by atomic mass is 10.1. The fourth-order valence-electron chi connectivity index (χ4n) is 1.03. The minimum absolute atomic E-state index is 0.184. The largest absolute Gasteiger partial charge is 0.497 e. The van der Waals surface area contributed by atoms with Gasteiger partial charge in [0.05, 0.1) is 13.7 Å². The van der Waals surface area contributed by atoms with Gasteiger partial charge >= 0.3 is 0 Å². The summed E-state index contributed by atoms with van der Waals surface area (Å²) < 4.78 is 5.75. The van der Waals surface area contributed by atoms with Gasteiger partial charge in [0.15, 0.2) is 5.78 Å². The Labute approximate surface area is 94.8 Å². The third kappa shape index (κ3) is 3.27. The summed E-state index contributed by atoms with van der Waals surface area (Å²) in [5, 5.41) is 3.21. The Morgan fingerprint density at radius 3 is 2.93 bits per heavy atom. The number of benzene rings is 1. The third-order valence-corrected chi connectivity index (χ3v) is 2.16. The van der Waals surface area contributed by atoms with Crippen LogP contribution in [-0.4, -0.2) is 19.4 Å². The lowest BCUT2D eigenvalue weighted by Crippen LogP contribution is -2.03. The number of halogens is 1. The predicted molar refractivity (Wildman–Crippen MR) is 59.0 cm³/mol. The van der Waals surface area contributed by atoms with E-state index in [0.29, 0.717) is 11.3 Å². The normalized spacial score (nSPS) is 9.20. The van der Waals surface area contributed by atoms with Crippen LogP contribution in [0.25, 0.3) is 10.4 Å². The summed E-state index contributed by atoms with van der Waals surface area (Å²) in [6.07, 6.45) is 0. The Morgan fingerprint density at radius 1 is 1.60 bits per heavy atom. The number of carbonyl (C=O) groups excluding carboxylic acids is 1. The Hall–Kier alpha value is -1.52. The van der Waals surface area contributed by atoms with Crippen molar-refractivity contribution in [1.82, 2.24) is 0 Å². The lowest BCUT2D eigenvalue weighted by molar-refractivity contribution is 0.100. The molecule has 0 amide bonds. The van der Waals surface area contributed by atoms with Gasteiger partial charge in [-0.2, -0.15) is 0 Å². The molecule has 0 aromatic heterocycles. The smallest absolute Gasteiger partial charge is 0.168 e. The van der Waals surface area contributed by atoms with E-state index < -0.39 is 0 Å². The lowest BCUT2D eigenvalue weighted by Gasteiger charge is -2.03. The summed E-state index contributed by atoms with van der Waals surface area (Å²) in [6.45, 7) is -0.184. The number of carbonyl (C=O) groups is 1. The minimum Gasteiger partial charge on any atom is -0.497 e. The first-order valence-electron chi connectivity index (χ1n) is 4.06. The van der Waals surface area contributed by atoms with Crippen LogP contribution < -0.4 is 4.74 Å². The first-order valence-corrected chi connectivity index (χ1v) is 4.85. The van der Waals surface area contributed by atoms with Gasteiger partial charge in [-0.25, -0.2) is 0 Å². The van der Waals surface area contributed by atoms with E-state index >= 15 is 0 Å². The van der Waals surface area contributed by atoms with Crippen LogP contribution >= 0.6 is 15.9 Å². The zero-order valence-electron chi connectivity index (χ0n) is 7.98. The average Bonchev–Trinajstić information content (AvgIpc) is 2.24. The molecule has 6 heteroatoms. The molecule has 1 rings (SSSR count). The second kappa shape index (κ2) is 5.38. The van der Waals surface area contributed by atoms with Crippen molar-refractivity contribution in [2.75, 3.05) is 13.7 Å². The van der Waals surface area contributed by atoms with Crippen LogP contribution in [0, 0.1) is 0 Å². The van der Waals surface area contributed by atoms with Crippen LogP contribution in [0.3, 0.4) is 0 Å². The van der Waals surface area contributed by atoms with Gasteiger partial charge in [0.25, 0.3) is 0 Å². The summed E-state index contributed by atoms with van der Waals surface area (Å²) in [5.74, 6) is 0.334. The Morgan fingerprint density at radius 2 is 2.33 bits per heavy atom. The molecule has 0 N–H and O–H groups in total. The molecule has 0 radical (unpaired) electrons. The van der Waals surface area contributed by atoms with E-state index in [9.17, 15) is 4.79 Å². The zero-order chi connectivity index (χ0) is 11.3. The number of hydrogen-bond acceptors (Lipinski definition) is 3. The predicted octanol–water partition coefficient (Wildman–Crippen LogP) is 2.95. The molecule has 0 saturated carbocycles. The van der Waals surface area contributed by atoms with Crippen molar-refractivity contribution in [2.24, 2.45) is 5.11 Å². The first-order chi connectivity index (χ1) is 7.17. The van der Waals surface area contributed by atoms with Crippen molar-refractivity contribution in [3.05, 3.63) is 38.7 Å². The summed E-state index contributed by atoms with van der Waals surface area (Å²) in [7, 11) is 1.52. The Balaban J connectivity index is 2.97. The Kier molecular flexibility index (Phi) is 4.15. The van der Waals surface area contributed by atoms with E-state index in [1.165, 1.54) is 7.11 Å². The molecule has 5 nitrogen and oxygen atoms in total. The minimum atomic E-state index is -0.243. The van der Waals surface area contributed by atoms with Crippen molar-refractivity contribution in [2.45, 2.75) is 0 Å². The topological polar surface area (TPSA) is 75.1 Å². The van der Waals surface area contributed by atoms with Crippen LogP contribution in [0.4, 0.5) is 0 Å². The van der Waals surface area contributed by atoms with Crippen molar-refractivity contribution in [3.63, 3.8) is 0 Å². The molecule has 0 atom stereocenters. The SMILES string of the molecule is COc1cc(Br)cc(C(=O)CN=[N+]=[N-])c1. The highest BCUT2D eigenvalue weighted by Crippen LogP contribution is 2.21. The molecule has 0 bridgehead atoms. The molecule has 0 aliphatic rings. The molecule has 0 heterocycles. The highest BCUT2D eigenvalue weighted by molar-refractivity contribution is 9.10. The van der Waals surface area contributed by atoms with Crippen LogP contribution in [0.2, 0.25) is 0 Å². The average molecular weight is 270 g/mol.